The Morgan fingerprint density at radius 2 is 1.52 bits per heavy atom. The van der Waals surface area contributed by atoms with Gasteiger partial charge in [0.15, 0.2) is 0 Å². The van der Waals surface area contributed by atoms with E-state index in [4.69, 9.17) is 0 Å². The molecule has 2 rings (SSSR count). The standard InChI is InChI=1S/C17H16N4O4/c1-11(13-5-9-16(10-6-13)21(24)25)19-20-17(23)14-3-7-15(8-4-14)18-12(2)22/h3-10,19H,1H2,2H3,(H,18,22)(H,20,23). The van der Waals surface area contributed by atoms with Crippen molar-refractivity contribution in [3.8, 4) is 0 Å². The summed E-state index contributed by atoms with van der Waals surface area (Å²) in [6.45, 7) is 5.17. The molecule has 8 heteroatoms. The highest BCUT2D eigenvalue weighted by molar-refractivity contribution is 5.95. The molecular weight excluding hydrogens is 324 g/mol. The number of anilines is 1. The highest BCUT2D eigenvalue weighted by atomic mass is 16.6. The van der Waals surface area contributed by atoms with E-state index in [0.717, 1.165) is 0 Å². The number of non-ortho nitro benzene ring substituents is 1. The Labute approximate surface area is 143 Å². The first-order valence-corrected chi connectivity index (χ1v) is 7.24. The highest BCUT2D eigenvalue weighted by Gasteiger charge is 2.08. The van der Waals surface area contributed by atoms with E-state index in [9.17, 15) is 19.7 Å². The van der Waals surface area contributed by atoms with Crippen molar-refractivity contribution in [3.05, 3.63) is 76.4 Å². The number of benzene rings is 2. The van der Waals surface area contributed by atoms with E-state index in [2.05, 4.69) is 22.7 Å². The van der Waals surface area contributed by atoms with Gasteiger partial charge in [0.05, 0.1) is 10.6 Å². The molecule has 0 aromatic heterocycles. The first-order valence-electron chi connectivity index (χ1n) is 7.24. The first kappa shape index (κ1) is 17.7. The summed E-state index contributed by atoms with van der Waals surface area (Å²) < 4.78 is 0. The third-order valence-corrected chi connectivity index (χ3v) is 3.22. The molecule has 2 amide bonds. The second-order valence-electron chi connectivity index (χ2n) is 5.12. The Bertz CT molecular complexity index is 814. The highest BCUT2D eigenvalue weighted by Crippen LogP contribution is 2.15. The van der Waals surface area contributed by atoms with Crippen LogP contribution in [0.5, 0.6) is 0 Å². The topological polar surface area (TPSA) is 113 Å². The molecular formula is C17H16N4O4. The van der Waals surface area contributed by atoms with Crippen LogP contribution in [0.1, 0.15) is 22.8 Å². The largest absolute Gasteiger partial charge is 0.326 e. The summed E-state index contributed by atoms with van der Waals surface area (Å²) in [5.41, 5.74) is 7.08. The maximum absolute atomic E-state index is 12.1. The Balaban J connectivity index is 1.93. The van der Waals surface area contributed by atoms with E-state index in [1.165, 1.54) is 31.2 Å². The van der Waals surface area contributed by atoms with Crippen molar-refractivity contribution >= 4 is 28.9 Å². The molecule has 0 saturated heterocycles. The van der Waals surface area contributed by atoms with E-state index in [0.29, 0.717) is 22.5 Å². The van der Waals surface area contributed by atoms with Crippen molar-refractivity contribution in [2.75, 3.05) is 5.32 Å². The van der Waals surface area contributed by atoms with Crippen LogP contribution in [-0.2, 0) is 4.79 Å². The quantitative estimate of drug-likeness (QED) is 0.552. The fourth-order valence-corrected chi connectivity index (χ4v) is 1.97. The van der Waals surface area contributed by atoms with Crippen molar-refractivity contribution < 1.29 is 14.5 Å². The number of nitro benzene ring substituents is 1. The zero-order valence-corrected chi connectivity index (χ0v) is 13.4. The Morgan fingerprint density at radius 1 is 0.960 bits per heavy atom. The molecule has 3 N–H and O–H groups in total. The van der Waals surface area contributed by atoms with Crippen LogP contribution in [0.2, 0.25) is 0 Å². The number of rotatable bonds is 6. The fraction of sp³-hybridized carbons (Fsp3) is 0.0588. The lowest BCUT2D eigenvalue weighted by molar-refractivity contribution is -0.384. The molecule has 128 valence electrons. The van der Waals surface area contributed by atoms with Gasteiger partial charge in [0, 0.05) is 30.3 Å². The fourth-order valence-electron chi connectivity index (χ4n) is 1.97. The molecule has 0 fully saturated rings. The minimum absolute atomic E-state index is 0.0279. The van der Waals surface area contributed by atoms with Crippen LogP contribution in [0.4, 0.5) is 11.4 Å². The molecule has 0 spiro atoms. The van der Waals surface area contributed by atoms with Gasteiger partial charge >= 0.3 is 0 Å². The molecule has 0 unspecified atom stereocenters. The molecule has 0 aliphatic heterocycles. The van der Waals surface area contributed by atoms with Crippen LogP contribution in [0, 0.1) is 10.1 Å². The lowest BCUT2D eigenvalue weighted by Gasteiger charge is -2.11. The number of hydrogen-bond acceptors (Lipinski definition) is 5. The maximum Gasteiger partial charge on any atom is 0.269 e. The summed E-state index contributed by atoms with van der Waals surface area (Å²) in [6.07, 6.45) is 0. The summed E-state index contributed by atoms with van der Waals surface area (Å²) in [6, 6.07) is 12.1. The second-order valence-corrected chi connectivity index (χ2v) is 5.12. The average Bonchev–Trinajstić information content (AvgIpc) is 2.59. The van der Waals surface area contributed by atoms with Crippen molar-refractivity contribution in [2.24, 2.45) is 0 Å². The molecule has 8 nitrogen and oxygen atoms in total. The van der Waals surface area contributed by atoms with Crippen LogP contribution in [-0.4, -0.2) is 16.7 Å². The predicted molar refractivity (Wildman–Crippen MR) is 93.5 cm³/mol. The molecule has 2 aromatic rings. The molecule has 25 heavy (non-hydrogen) atoms. The van der Waals surface area contributed by atoms with Crippen molar-refractivity contribution in [3.63, 3.8) is 0 Å². The van der Waals surface area contributed by atoms with Gasteiger partial charge in [-0.05, 0) is 42.0 Å². The lowest BCUT2D eigenvalue weighted by Crippen LogP contribution is -2.35. The van der Waals surface area contributed by atoms with Crippen molar-refractivity contribution in [2.45, 2.75) is 6.92 Å². The number of carbonyl (C=O) groups excluding carboxylic acids is 2. The monoisotopic (exact) mass is 340 g/mol. The van der Waals surface area contributed by atoms with Crippen LogP contribution in [0.25, 0.3) is 5.70 Å². The normalized spacial score (nSPS) is 9.80. The van der Waals surface area contributed by atoms with Gasteiger partial charge in [-0.1, -0.05) is 6.58 Å². The molecule has 0 radical (unpaired) electrons. The number of nitrogens with one attached hydrogen (secondary N) is 3. The molecule has 0 bridgehead atoms. The SMILES string of the molecule is C=C(NNC(=O)c1ccc(NC(C)=O)cc1)c1ccc([N+](=O)[O-])cc1. The van der Waals surface area contributed by atoms with E-state index in [1.807, 2.05) is 0 Å². The number of amides is 2. The van der Waals surface area contributed by atoms with Gasteiger partial charge in [-0.25, -0.2) is 0 Å². The Kier molecular flexibility index (Phi) is 5.47. The first-order chi connectivity index (χ1) is 11.9. The maximum atomic E-state index is 12.1. The zero-order valence-electron chi connectivity index (χ0n) is 13.4. The zero-order chi connectivity index (χ0) is 18.4. The summed E-state index contributed by atoms with van der Waals surface area (Å²) in [5, 5.41) is 13.2. The molecule has 0 aliphatic carbocycles. The second kappa shape index (κ2) is 7.73. The van der Waals surface area contributed by atoms with E-state index in [1.54, 1.807) is 24.3 Å². The van der Waals surface area contributed by atoms with Crippen LogP contribution >= 0.6 is 0 Å². The molecule has 0 atom stereocenters. The molecule has 0 saturated carbocycles. The van der Waals surface area contributed by atoms with Gasteiger partial charge in [0.2, 0.25) is 5.91 Å². The van der Waals surface area contributed by atoms with Crippen molar-refractivity contribution in [1.82, 2.24) is 10.9 Å². The van der Waals surface area contributed by atoms with Crippen LogP contribution < -0.4 is 16.2 Å². The number of hydrazine groups is 1. The lowest BCUT2D eigenvalue weighted by atomic mass is 10.1. The Morgan fingerprint density at radius 3 is 2.04 bits per heavy atom. The van der Waals surface area contributed by atoms with Gasteiger partial charge in [0.25, 0.3) is 11.6 Å². The van der Waals surface area contributed by atoms with Gasteiger partial charge < -0.3 is 5.32 Å². The van der Waals surface area contributed by atoms with Gasteiger partial charge in [-0.3, -0.25) is 30.6 Å². The van der Waals surface area contributed by atoms with Gasteiger partial charge in [-0.15, -0.1) is 0 Å². The smallest absolute Gasteiger partial charge is 0.269 e. The third-order valence-electron chi connectivity index (χ3n) is 3.22. The van der Waals surface area contributed by atoms with Gasteiger partial charge in [-0.2, -0.15) is 0 Å². The number of hydrogen-bond donors (Lipinski definition) is 3. The van der Waals surface area contributed by atoms with Crippen LogP contribution in [0.15, 0.2) is 55.1 Å². The number of carbonyl (C=O) groups is 2. The minimum Gasteiger partial charge on any atom is -0.326 e. The Hall–Kier alpha value is -3.68. The average molecular weight is 340 g/mol. The molecule has 0 aliphatic rings. The van der Waals surface area contributed by atoms with E-state index >= 15 is 0 Å². The van der Waals surface area contributed by atoms with Crippen molar-refractivity contribution in [1.29, 1.82) is 0 Å². The predicted octanol–water partition coefficient (Wildman–Crippen LogP) is 2.46. The molecule has 2 aromatic carbocycles. The summed E-state index contributed by atoms with van der Waals surface area (Å²) in [5.74, 6) is -0.587. The van der Waals surface area contributed by atoms with E-state index < -0.39 is 10.8 Å². The molecule has 0 heterocycles. The summed E-state index contributed by atoms with van der Waals surface area (Å²) in [4.78, 5) is 33.2. The summed E-state index contributed by atoms with van der Waals surface area (Å²) in [7, 11) is 0. The summed E-state index contributed by atoms with van der Waals surface area (Å²) >= 11 is 0. The minimum atomic E-state index is -0.494. The van der Waals surface area contributed by atoms with E-state index in [-0.39, 0.29) is 11.6 Å². The third kappa shape index (κ3) is 4.90. The number of nitro groups is 1. The number of nitrogens with zero attached hydrogens (tertiary/aromatic N) is 1. The van der Waals surface area contributed by atoms with Crippen LogP contribution in [0.3, 0.4) is 0 Å². The van der Waals surface area contributed by atoms with Gasteiger partial charge in [0.1, 0.15) is 0 Å².